The number of halogens is 1. The number of hydrogen-bond acceptors (Lipinski definition) is 3. The standard InChI is InChI=1S/C13H18BrN3O/c14-12-6-10(3-4-11(12)13(16)18)17-5-1-2-9(7-15)8-17/h3-4,6,9H,1-2,5,7-8,15H2,(H2,16,18). The number of benzene rings is 1. The lowest BCUT2D eigenvalue weighted by molar-refractivity contribution is 0.0999. The molecule has 0 saturated carbocycles. The van der Waals surface area contributed by atoms with E-state index in [1.165, 1.54) is 6.42 Å². The molecule has 2 rings (SSSR count). The van der Waals surface area contributed by atoms with E-state index in [2.05, 4.69) is 20.8 Å². The summed E-state index contributed by atoms with van der Waals surface area (Å²) < 4.78 is 0.752. The van der Waals surface area contributed by atoms with Crippen molar-refractivity contribution in [1.29, 1.82) is 0 Å². The zero-order valence-electron chi connectivity index (χ0n) is 10.2. The number of amides is 1. The summed E-state index contributed by atoms with van der Waals surface area (Å²) in [5.41, 5.74) is 12.7. The van der Waals surface area contributed by atoms with E-state index >= 15 is 0 Å². The molecule has 1 atom stereocenters. The molecule has 98 valence electrons. The number of primary amides is 1. The van der Waals surface area contributed by atoms with E-state index in [0.29, 0.717) is 11.5 Å². The lowest BCUT2D eigenvalue weighted by Crippen LogP contribution is -2.38. The molecule has 1 aliphatic heterocycles. The van der Waals surface area contributed by atoms with Gasteiger partial charge < -0.3 is 16.4 Å². The van der Waals surface area contributed by atoms with Gasteiger partial charge in [0, 0.05) is 23.2 Å². The molecule has 1 unspecified atom stereocenters. The number of carbonyl (C=O) groups excluding carboxylic acids is 1. The number of nitrogens with zero attached hydrogens (tertiary/aromatic N) is 1. The summed E-state index contributed by atoms with van der Waals surface area (Å²) in [5, 5.41) is 0. The van der Waals surface area contributed by atoms with E-state index in [1.54, 1.807) is 6.07 Å². The third-order valence-corrected chi connectivity index (χ3v) is 4.09. The maximum Gasteiger partial charge on any atom is 0.249 e. The van der Waals surface area contributed by atoms with Crippen molar-refractivity contribution < 1.29 is 4.79 Å². The fourth-order valence-electron chi connectivity index (χ4n) is 2.39. The topological polar surface area (TPSA) is 72.3 Å². The quantitative estimate of drug-likeness (QED) is 0.893. The van der Waals surface area contributed by atoms with E-state index in [1.807, 2.05) is 12.1 Å². The van der Waals surface area contributed by atoms with Crippen LogP contribution in [-0.4, -0.2) is 25.5 Å². The Morgan fingerprint density at radius 2 is 2.28 bits per heavy atom. The normalized spacial score (nSPS) is 19.9. The zero-order chi connectivity index (χ0) is 13.1. The molecule has 1 heterocycles. The van der Waals surface area contributed by atoms with Gasteiger partial charge in [-0.2, -0.15) is 0 Å². The molecule has 1 aromatic rings. The smallest absolute Gasteiger partial charge is 0.249 e. The van der Waals surface area contributed by atoms with Crippen LogP contribution in [0.4, 0.5) is 5.69 Å². The molecule has 4 nitrogen and oxygen atoms in total. The molecule has 4 N–H and O–H groups in total. The molecule has 18 heavy (non-hydrogen) atoms. The Labute approximate surface area is 115 Å². The zero-order valence-corrected chi connectivity index (χ0v) is 11.8. The lowest BCUT2D eigenvalue weighted by Gasteiger charge is -2.34. The van der Waals surface area contributed by atoms with Crippen molar-refractivity contribution in [3.63, 3.8) is 0 Å². The third kappa shape index (κ3) is 2.84. The Kier molecular flexibility index (Phi) is 4.24. The highest BCUT2D eigenvalue weighted by molar-refractivity contribution is 9.10. The van der Waals surface area contributed by atoms with Crippen LogP contribution in [0, 0.1) is 5.92 Å². The van der Waals surface area contributed by atoms with E-state index < -0.39 is 5.91 Å². The van der Waals surface area contributed by atoms with E-state index in [4.69, 9.17) is 11.5 Å². The van der Waals surface area contributed by atoms with Gasteiger partial charge in [0.25, 0.3) is 0 Å². The average Bonchev–Trinajstić information content (AvgIpc) is 2.38. The monoisotopic (exact) mass is 311 g/mol. The van der Waals surface area contributed by atoms with Crippen molar-refractivity contribution in [2.75, 3.05) is 24.5 Å². The van der Waals surface area contributed by atoms with Crippen LogP contribution >= 0.6 is 15.9 Å². The van der Waals surface area contributed by atoms with Gasteiger partial charge in [-0.05, 0) is 59.4 Å². The predicted molar refractivity (Wildman–Crippen MR) is 76.7 cm³/mol. The van der Waals surface area contributed by atoms with Gasteiger partial charge in [0.05, 0.1) is 5.56 Å². The van der Waals surface area contributed by atoms with Crippen molar-refractivity contribution >= 4 is 27.5 Å². The maximum absolute atomic E-state index is 11.2. The van der Waals surface area contributed by atoms with Gasteiger partial charge in [-0.3, -0.25) is 4.79 Å². The SMILES string of the molecule is NCC1CCCN(c2ccc(C(N)=O)c(Br)c2)C1. The Morgan fingerprint density at radius 1 is 1.50 bits per heavy atom. The van der Waals surface area contributed by atoms with Crippen LogP contribution in [0.3, 0.4) is 0 Å². The molecule has 1 saturated heterocycles. The first kappa shape index (κ1) is 13.4. The minimum absolute atomic E-state index is 0.410. The van der Waals surface area contributed by atoms with Gasteiger partial charge in [0.15, 0.2) is 0 Å². The van der Waals surface area contributed by atoms with Gasteiger partial charge in [0.1, 0.15) is 0 Å². The predicted octanol–water partition coefficient (Wildman–Crippen LogP) is 1.72. The summed E-state index contributed by atoms with van der Waals surface area (Å²) in [4.78, 5) is 13.5. The van der Waals surface area contributed by atoms with Crippen LogP contribution < -0.4 is 16.4 Å². The molecular formula is C13H18BrN3O. The van der Waals surface area contributed by atoms with Crippen molar-refractivity contribution in [2.45, 2.75) is 12.8 Å². The van der Waals surface area contributed by atoms with Crippen molar-refractivity contribution in [3.8, 4) is 0 Å². The number of carbonyl (C=O) groups is 1. The first-order chi connectivity index (χ1) is 8.61. The first-order valence-electron chi connectivity index (χ1n) is 6.16. The van der Waals surface area contributed by atoms with Crippen LogP contribution in [0.1, 0.15) is 23.2 Å². The Balaban J connectivity index is 2.18. The van der Waals surface area contributed by atoms with Crippen LogP contribution in [0.25, 0.3) is 0 Å². The Morgan fingerprint density at radius 3 is 2.89 bits per heavy atom. The highest BCUT2D eigenvalue weighted by atomic mass is 79.9. The van der Waals surface area contributed by atoms with Crippen molar-refractivity contribution in [3.05, 3.63) is 28.2 Å². The Bertz CT molecular complexity index is 450. The van der Waals surface area contributed by atoms with Crippen LogP contribution in [-0.2, 0) is 0 Å². The number of piperidine rings is 1. The lowest BCUT2D eigenvalue weighted by atomic mass is 9.97. The number of rotatable bonds is 3. The molecule has 0 radical (unpaired) electrons. The van der Waals surface area contributed by atoms with E-state index in [9.17, 15) is 4.79 Å². The summed E-state index contributed by atoms with van der Waals surface area (Å²) in [5.74, 6) is 0.153. The summed E-state index contributed by atoms with van der Waals surface area (Å²) in [6.45, 7) is 2.76. The molecule has 0 aliphatic carbocycles. The molecule has 1 amide bonds. The molecular weight excluding hydrogens is 294 g/mol. The Hall–Kier alpha value is -1.07. The second kappa shape index (κ2) is 5.71. The minimum Gasteiger partial charge on any atom is -0.371 e. The molecule has 5 heteroatoms. The second-order valence-corrected chi connectivity index (χ2v) is 5.57. The van der Waals surface area contributed by atoms with Gasteiger partial charge in [-0.15, -0.1) is 0 Å². The number of anilines is 1. The molecule has 1 fully saturated rings. The number of hydrogen-bond donors (Lipinski definition) is 2. The first-order valence-corrected chi connectivity index (χ1v) is 6.95. The van der Waals surface area contributed by atoms with Crippen LogP contribution in [0.5, 0.6) is 0 Å². The van der Waals surface area contributed by atoms with Gasteiger partial charge in [0.2, 0.25) is 5.91 Å². The summed E-state index contributed by atoms with van der Waals surface area (Å²) in [6.07, 6.45) is 2.37. The second-order valence-electron chi connectivity index (χ2n) is 4.72. The molecule has 0 spiro atoms. The summed E-state index contributed by atoms with van der Waals surface area (Å²) in [7, 11) is 0. The minimum atomic E-state index is -0.410. The fourth-order valence-corrected chi connectivity index (χ4v) is 2.95. The summed E-state index contributed by atoms with van der Waals surface area (Å²) >= 11 is 3.39. The largest absolute Gasteiger partial charge is 0.371 e. The molecule has 1 aliphatic rings. The highest BCUT2D eigenvalue weighted by Gasteiger charge is 2.19. The number of nitrogens with two attached hydrogens (primary N) is 2. The summed E-state index contributed by atoms with van der Waals surface area (Å²) in [6, 6.07) is 5.68. The van der Waals surface area contributed by atoms with Crippen LogP contribution in [0.2, 0.25) is 0 Å². The third-order valence-electron chi connectivity index (χ3n) is 3.44. The maximum atomic E-state index is 11.2. The van der Waals surface area contributed by atoms with Gasteiger partial charge in [-0.1, -0.05) is 0 Å². The highest BCUT2D eigenvalue weighted by Crippen LogP contribution is 2.27. The van der Waals surface area contributed by atoms with Crippen molar-refractivity contribution in [1.82, 2.24) is 0 Å². The van der Waals surface area contributed by atoms with E-state index in [-0.39, 0.29) is 0 Å². The van der Waals surface area contributed by atoms with Gasteiger partial charge >= 0.3 is 0 Å². The van der Waals surface area contributed by atoms with E-state index in [0.717, 1.165) is 36.2 Å². The molecule has 0 bridgehead atoms. The fraction of sp³-hybridized carbons (Fsp3) is 0.462. The van der Waals surface area contributed by atoms with Crippen LogP contribution in [0.15, 0.2) is 22.7 Å². The van der Waals surface area contributed by atoms with Gasteiger partial charge in [-0.25, -0.2) is 0 Å². The van der Waals surface area contributed by atoms with Crippen molar-refractivity contribution in [2.24, 2.45) is 17.4 Å². The molecule has 1 aromatic carbocycles. The molecule has 0 aromatic heterocycles. The average molecular weight is 312 g/mol.